The maximum absolute atomic E-state index is 3.33. The minimum absolute atomic E-state index is 0.494. The lowest BCUT2D eigenvalue weighted by Gasteiger charge is -2.24. The van der Waals surface area contributed by atoms with Crippen LogP contribution in [0.1, 0.15) is 31.7 Å². The first-order chi connectivity index (χ1) is 9.22. The number of unbranched alkanes of at least 4 members (excludes halogenated alkanes) is 1. The van der Waals surface area contributed by atoms with Gasteiger partial charge in [0.1, 0.15) is 0 Å². The topological polar surface area (TPSA) is 15.3 Å². The number of benzene rings is 1. The molecule has 1 aliphatic rings. The van der Waals surface area contributed by atoms with E-state index >= 15 is 0 Å². The molecule has 19 heavy (non-hydrogen) atoms. The lowest BCUT2D eigenvalue weighted by molar-refractivity contribution is 0.267. The van der Waals surface area contributed by atoms with E-state index in [0.717, 1.165) is 6.54 Å². The maximum Gasteiger partial charge on any atom is 0.00480 e. The van der Waals surface area contributed by atoms with Crippen molar-refractivity contribution < 1.29 is 0 Å². The quantitative estimate of drug-likeness (QED) is 0.758. The molecule has 106 valence electrons. The molecule has 1 atom stereocenters. The van der Waals surface area contributed by atoms with Gasteiger partial charge in [-0.25, -0.2) is 0 Å². The van der Waals surface area contributed by atoms with Gasteiger partial charge in [0.25, 0.3) is 0 Å². The van der Waals surface area contributed by atoms with Gasteiger partial charge < -0.3 is 10.2 Å². The molecule has 1 heterocycles. The first kappa shape index (κ1) is 14.5. The zero-order valence-corrected chi connectivity index (χ0v) is 12.5. The number of nitrogens with zero attached hydrogens (tertiary/aromatic N) is 1. The van der Waals surface area contributed by atoms with Crippen molar-refractivity contribution in [2.75, 3.05) is 33.2 Å². The summed E-state index contributed by atoms with van der Waals surface area (Å²) in [6.45, 7) is 7.37. The first-order valence-electron chi connectivity index (χ1n) is 7.63. The van der Waals surface area contributed by atoms with Crippen LogP contribution in [-0.4, -0.2) is 38.1 Å². The molecule has 1 unspecified atom stereocenters. The van der Waals surface area contributed by atoms with E-state index in [2.05, 4.69) is 54.5 Å². The highest BCUT2D eigenvalue weighted by Crippen LogP contribution is 2.29. The molecule has 1 fully saturated rings. The fraction of sp³-hybridized carbons (Fsp3) is 0.647. The third-order valence-electron chi connectivity index (χ3n) is 4.27. The van der Waals surface area contributed by atoms with Crippen LogP contribution >= 0.6 is 0 Å². The largest absolute Gasteiger partial charge is 0.319 e. The number of hydrogen-bond donors (Lipinski definition) is 1. The second kappa shape index (κ2) is 7.06. The van der Waals surface area contributed by atoms with E-state index in [1.54, 1.807) is 0 Å². The Morgan fingerprint density at radius 2 is 2.00 bits per heavy atom. The molecule has 0 radical (unpaired) electrons. The van der Waals surface area contributed by atoms with E-state index in [9.17, 15) is 0 Å². The molecule has 1 saturated heterocycles. The van der Waals surface area contributed by atoms with Crippen molar-refractivity contribution in [3.8, 4) is 0 Å². The third kappa shape index (κ3) is 4.63. The van der Waals surface area contributed by atoms with Crippen molar-refractivity contribution >= 4 is 0 Å². The minimum atomic E-state index is 0.494. The molecule has 1 N–H and O–H groups in total. The molecule has 0 aliphatic carbocycles. The molecule has 1 aliphatic heterocycles. The summed E-state index contributed by atoms with van der Waals surface area (Å²) >= 11 is 0. The number of aryl methyl sites for hydroxylation is 1. The molecular weight excluding hydrogens is 232 g/mol. The standard InChI is InChI=1S/C17H28N2/c1-17(14-18-2)11-13-19(15-17)12-7-6-10-16-8-4-3-5-9-16/h3-5,8-9,18H,6-7,10-15H2,1-2H3. The average molecular weight is 260 g/mol. The minimum Gasteiger partial charge on any atom is -0.319 e. The van der Waals surface area contributed by atoms with Crippen molar-refractivity contribution in [3.63, 3.8) is 0 Å². The molecule has 2 rings (SSSR count). The lowest BCUT2D eigenvalue weighted by atomic mass is 9.90. The summed E-state index contributed by atoms with van der Waals surface area (Å²) in [7, 11) is 2.06. The summed E-state index contributed by atoms with van der Waals surface area (Å²) < 4.78 is 0. The van der Waals surface area contributed by atoms with Crippen LogP contribution in [0.15, 0.2) is 30.3 Å². The molecular formula is C17H28N2. The number of rotatable bonds is 7. The van der Waals surface area contributed by atoms with Crippen LogP contribution in [0.3, 0.4) is 0 Å². The predicted octanol–water partition coefficient (Wildman–Crippen LogP) is 2.94. The highest BCUT2D eigenvalue weighted by molar-refractivity contribution is 5.14. The van der Waals surface area contributed by atoms with Crippen LogP contribution in [0.25, 0.3) is 0 Å². The van der Waals surface area contributed by atoms with Gasteiger partial charge in [0.05, 0.1) is 0 Å². The summed E-state index contributed by atoms with van der Waals surface area (Å²) in [5.41, 5.74) is 1.97. The Hall–Kier alpha value is -0.860. The SMILES string of the molecule is CNCC1(C)CCN(CCCCc2ccccc2)C1. The molecule has 2 heteroatoms. The van der Waals surface area contributed by atoms with Crippen LogP contribution in [0, 0.1) is 5.41 Å². The highest BCUT2D eigenvalue weighted by atomic mass is 15.2. The Labute approximate surface area is 118 Å². The van der Waals surface area contributed by atoms with E-state index in [4.69, 9.17) is 0 Å². The highest BCUT2D eigenvalue weighted by Gasteiger charge is 2.32. The third-order valence-corrected chi connectivity index (χ3v) is 4.27. The predicted molar refractivity (Wildman–Crippen MR) is 82.5 cm³/mol. The Bertz CT molecular complexity index is 363. The van der Waals surface area contributed by atoms with E-state index in [-0.39, 0.29) is 0 Å². The van der Waals surface area contributed by atoms with Gasteiger partial charge in [0, 0.05) is 13.1 Å². The van der Waals surface area contributed by atoms with E-state index in [0.29, 0.717) is 5.41 Å². The van der Waals surface area contributed by atoms with Gasteiger partial charge in [0.2, 0.25) is 0 Å². The number of hydrogen-bond acceptors (Lipinski definition) is 2. The fourth-order valence-corrected chi connectivity index (χ4v) is 3.20. The van der Waals surface area contributed by atoms with Crippen LogP contribution in [0.4, 0.5) is 0 Å². The smallest absolute Gasteiger partial charge is 0.00480 e. The van der Waals surface area contributed by atoms with Gasteiger partial charge in [-0.1, -0.05) is 37.3 Å². The zero-order chi connectivity index (χ0) is 13.6. The molecule has 1 aromatic rings. The summed E-state index contributed by atoms with van der Waals surface area (Å²) in [5.74, 6) is 0. The summed E-state index contributed by atoms with van der Waals surface area (Å²) in [6, 6.07) is 10.8. The summed E-state index contributed by atoms with van der Waals surface area (Å²) in [5, 5.41) is 3.33. The number of nitrogens with one attached hydrogen (secondary N) is 1. The van der Waals surface area contributed by atoms with E-state index in [1.807, 2.05) is 0 Å². The van der Waals surface area contributed by atoms with Crippen molar-refractivity contribution in [2.45, 2.75) is 32.6 Å². The van der Waals surface area contributed by atoms with Crippen LogP contribution in [0.2, 0.25) is 0 Å². The van der Waals surface area contributed by atoms with E-state index < -0.39 is 0 Å². The second-order valence-electron chi connectivity index (χ2n) is 6.31. The molecule has 0 amide bonds. The van der Waals surface area contributed by atoms with Gasteiger partial charge >= 0.3 is 0 Å². The van der Waals surface area contributed by atoms with Gasteiger partial charge in [-0.3, -0.25) is 0 Å². The normalized spacial score (nSPS) is 23.9. The first-order valence-corrected chi connectivity index (χ1v) is 7.63. The monoisotopic (exact) mass is 260 g/mol. The molecule has 2 nitrogen and oxygen atoms in total. The Balaban J connectivity index is 1.62. The Morgan fingerprint density at radius 3 is 2.74 bits per heavy atom. The van der Waals surface area contributed by atoms with Crippen LogP contribution < -0.4 is 5.32 Å². The zero-order valence-electron chi connectivity index (χ0n) is 12.5. The summed E-state index contributed by atoms with van der Waals surface area (Å²) in [6.07, 6.45) is 5.20. The average Bonchev–Trinajstić information content (AvgIpc) is 2.78. The molecule has 0 spiro atoms. The van der Waals surface area contributed by atoms with Gasteiger partial charge in [-0.15, -0.1) is 0 Å². The van der Waals surface area contributed by atoms with E-state index in [1.165, 1.54) is 50.9 Å². The maximum atomic E-state index is 3.33. The van der Waals surface area contributed by atoms with Gasteiger partial charge in [-0.05, 0) is 56.8 Å². The lowest BCUT2D eigenvalue weighted by Crippen LogP contribution is -2.33. The molecule has 1 aromatic carbocycles. The van der Waals surface area contributed by atoms with Crippen molar-refractivity contribution in [3.05, 3.63) is 35.9 Å². The molecule has 0 bridgehead atoms. The van der Waals surface area contributed by atoms with Crippen molar-refractivity contribution in [1.29, 1.82) is 0 Å². The second-order valence-corrected chi connectivity index (χ2v) is 6.31. The van der Waals surface area contributed by atoms with Crippen molar-refractivity contribution in [1.82, 2.24) is 10.2 Å². The van der Waals surface area contributed by atoms with Crippen LogP contribution in [-0.2, 0) is 6.42 Å². The number of likely N-dealkylation sites (tertiary alicyclic amines) is 1. The molecule has 0 aromatic heterocycles. The van der Waals surface area contributed by atoms with Crippen molar-refractivity contribution in [2.24, 2.45) is 5.41 Å². The van der Waals surface area contributed by atoms with Gasteiger partial charge in [-0.2, -0.15) is 0 Å². The van der Waals surface area contributed by atoms with Crippen LogP contribution in [0.5, 0.6) is 0 Å². The van der Waals surface area contributed by atoms with Gasteiger partial charge in [0.15, 0.2) is 0 Å². The Morgan fingerprint density at radius 1 is 1.21 bits per heavy atom. The summed E-state index contributed by atoms with van der Waals surface area (Å²) in [4.78, 5) is 2.64. The molecule has 0 saturated carbocycles. The Kier molecular flexibility index (Phi) is 5.41. The fourth-order valence-electron chi connectivity index (χ4n) is 3.20.